The number of ether oxygens (including phenoxy) is 6. The molecule has 0 radical (unpaired) electrons. The Kier molecular flexibility index (Phi) is 53.1. The summed E-state index contributed by atoms with van der Waals surface area (Å²) in [5, 5.41) is 121. The highest BCUT2D eigenvalue weighted by molar-refractivity contribution is 5.76. The molecule has 17 atom stereocenters. The van der Waals surface area contributed by atoms with Crippen LogP contribution in [0.4, 0.5) is 0 Å². The highest BCUT2D eigenvalue weighted by Gasteiger charge is 2.53. The van der Waals surface area contributed by atoms with Gasteiger partial charge in [-0.3, -0.25) is 4.79 Å². The summed E-state index contributed by atoms with van der Waals surface area (Å²) in [7, 11) is 0. The molecule has 3 saturated heterocycles. The summed E-state index contributed by atoms with van der Waals surface area (Å²) in [4.78, 5) is 13.4. The van der Waals surface area contributed by atoms with E-state index >= 15 is 0 Å². The van der Waals surface area contributed by atoms with Gasteiger partial charge in [0.15, 0.2) is 18.9 Å². The van der Waals surface area contributed by atoms with Crippen molar-refractivity contribution in [3.8, 4) is 0 Å². The SMILES string of the molecule is CC/C=C\C/C=C\C/C=C\C/C=C\C/C=C\C/C=C\C/C=C\C/C=C\C/C=C\CCCCCCCCCCCCCC(=O)NC(COC1OC(CO)C(OC2OC(CO)C(OC3OC(CO)C(O)C(O)C3O)C(O)C2O)C(O)C1O)C(O)/C=C/CC/C=C/CC/C=C/CCCCCCC. The van der Waals surface area contributed by atoms with Crippen LogP contribution in [-0.4, -0.2) is 193 Å². The Morgan fingerprint density at radius 1 is 0.374 bits per heavy atom. The van der Waals surface area contributed by atoms with E-state index in [0.29, 0.717) is 12.8 Å². The summed E-state index contributed by atoms with van der Waals surface area (Å²) in [6, 6.07) is -1.01. The molecule has 3 fully saturated rings. The van der Waals surface area contributed by atoms with Crippen LogP contribution in [0.15, 0.2) is 146 Å². The van der Waals surface area contributed by atoms with Crippen molar-refractivity contribution in [2.24, 2.45) is 0 Å². The first-order valence-corrected chi connectivity index (χ1v) is 37.6. The van der Waals surface area contributed by atoms with Gasteiger partial charge in [-0.15, -0.1) is 0 Å². The monoisotopic (exact) mass is 1390 g/mol. The lowest BCUT2D eigenvalue weighted by Crippen LogP contribution is -2.66. The fourth-order valence-electron chi connectivity index (χ4n) is 11.6. The standard InChI is InChI=1S/C80H131NO18/c1-3-5-7-9-11-13-15-17-19-20-21-22-23-24-25-26-27-28-29-30-31-32-33-34-35-36-37-38-39-40-41-42-44-46-48-50-52-54-56-58-68(86)81-63(64(85)57-55-53-51-49-47-45-43-18-16-14-12-10-8-6-4-2)62-94-78-74(92)71(89)76(66(60-83)96-78)99-80-75(93)72(90)77(67(61-84)97-80)98-79-73(91)70(88)69(87)65(59-82)95-79/h5,7,11,13,16-19,21-22,24-25,27-28,30-31,33-34,36-37,47,49,55,57,63-67,69-80,82-85,87-93H,3-4,6,8-10,12,14-15,20,23,26,29,32,35,38-46,48,50-54,56,58-62H2,1-2H3,(H,81,86)/b7-5-,13-11-,18-16+,19-17-,22-21-,25-24-,28-27-,31-30-,34-33-,37-36-,49-47+,57-55+. The average Bonchev–Trinajstić information content (AvgIpc) is 0.784. The molecule has 3 aliphatic heterocycles. The topological polar surface area (TPSA) is 307 Å². The third-order valence-corrected chi connectivity index (χ3v) is 17.6. The average molecular weight is 1390 g/mol. The zero-order chi connectivity index (χ0) is 71.8. The van der Waals surface area contributed by atoms with Crippen molar-refractivity contribution in [1.29, 1.82) is 0 Å². The van der Waals surface area contributed by atoms with Crippen molar-refractivity contribution in [2.45, 2.75) is 324 Å². The number of unbranched alkanes of at least 4 members (excludes halogenated alkanes) is 18. The van der Waals surface area contributed by atoms with Crippen molar-refractivity contribution in [3.05, 3.63) is 146 Å². The molecule has 19 nitrogen and oxygen atoms in total. The van der Waals surface area contributed by atoms with Gasteiger partial charge in [-0.2, -0.15) is 0 Å². The molecule has 3 aliphatic rings. The fraction of sp³-hybridized carbons (Fsp3) is 0.688. The molecule has 0 aromatic carbocycles. The molecule has 0 spiro atoms. The maximum absolute atomic E-state index is 13.4. The van der Waals surface area contributed by atoms with Gasteiger partial charge in [0.05, 0.1) is 38.6 Å². The Labute approximate surface area is 593 Å². The predicted molar refractivity (Wildman–Crippen MR) is 392 cm³/mol. The molecule has 564 valence electrons. The van der Waals surface area contributed by atoms with Gasteiger partial charge in [-0.05, 0) is 116 Å². The maximum Gasteiger partial charge on any atom is 0.220 e. The van der Waals surface area contributed by atoms with E-state index in [4.69, 9.17) is 28.4 Å². The second-order valence-electron chi connectivity index (χ2n) is 26.0. The molecule has 19 heteroatoms. The van der Waals surface area contributed by atoms with Crippen LogP contribution in [0, 0.1) is 0 Å². The molecule has 1 amide bonds. The lowest BCUT2D eigenvalue weighted by atomic mass is 9.96. The number of aliphatic hydroxyl groups excluding tert-OH is 11. The number of amides is 1. The minimum absolute atomic E-state index is 0.219. The highest BCUT2D eigenvalue weighted by atomic mass is 16.8. The number of aliphatic hydroxyl groups is 11. The molecule has 0 aromatic heterocycles. The largest absolute Gasteiger partial charge is 0.394 e. The summed E-state index contributed by atoms with van der Waals surface area (Å²) in [6.45, 7) is 1.55. The van der Waals surface area contributed by atoms with Crippen LogP contribution in [0.1, 0.15) is 219 Å². The van der Waals surface area contributed by atoms with Gasteiger partial charge in [-0.25, -0.2) is 0 Å². The molecule has 17 unspecified atom stereocenters. The van der Waals surface area contributed by atoms with Crippen LogP contribution in [0.5, 0.6) is 0 Å². The van der Waals surface area contributed by atoms with Crippen molar-refractivity contribution in [1.82, 2.24) is 5.32 Å². The molecule has 3 heterocycles. The lowest BCUT2D eigenvalue weighted by Gasteiger charge is -2.48. The Morgan fingerprint density at radius 2 is 0.707 bits per heavy atom. The molecule has 99 heavy (non-hydrogen) atoms. The Morgan fingerprint density at radius 3 is 1.13 bits per heavy atom. The first-order valence-electron chi connectivity index (χ1n) is 37.6. The first kappa shape index (κ1) is 88.9. The number of carbonyl (C=O) groups excluding carboxylic acids is 1. The number of carbonyl (C=O) groups is 1. The Hall–Kier alpha value is -4.33. The van der Waals surface area contributed by atoms with Crippen molar-refractivity contribution < 1.29 is 89.4 Å². The van der Waals surface area contributed by atoms with E-state index in [1.807, 2.05) is 6.08 Å². The molecular weight excluding hydrogens is 1260 g/mol. The molecule has 0 aliphatic carbocycles. The molecule has 3 rings (SSSR count). The van der Waals surface area contributed by atoms with Gasteiger partial charge < -0.3 is 89.9 Å². The van der Waals surface area contributed by atoms with E-state index in [9.17, 15) is 61.0 Å². The quantitative estimate of drug-likeness (QED) is 0.0199. The normalized spacial score (nSPS) is 27.5. The summed E-state index contributed by atoms with van der Waals surface area (Å²) < 4.78 is 34.3. The predicted octanol–water partition coefficient (Wildman–Crippen LogP) is 11.5. The Balaban J connectivity index is 1.35. The van der Waals surface area contributed by atoms with Gasteiger partial charge in [-0.1, -0.05) is 243 Å². The number of hydrogen-bond acceptors (Lipinski definition) is 18. The third-order valence-electron chi connectivity index (χ3n) is 17.6. The third kappa shape index (κ3) is 39.8. The number of nitrogens with one attached hydrogen (secondary N) is 1. The lowest BCUT2D eigenvalue weighted by molar-refractivity contribution is -0.379. The van der Waals surface area contributed by atoms with Crippen molar-refractivity contribution >= 4 is 5.91 Å². The van der Waals surface area contributed by atoms with Crippen LogP contribution in [-0.2, 0) is 33.2 Å². The van der Waals surface area contributed by atoms with Crippen LogP contribution in [0.3, 0.4) is 0 Å². The van der Waals surface area contributed by atoms with Crippen LogP contribution < -0.4 is 5.32 Å². The zero-order valence-electron chi connectivity index (χ0n) is 59.9. The van der Waals surface area contributed by atoms with E-state index in [1.54, 1.807) is 6.08 Å². The van der Waals surface area contributed by atoms with Crippen LogP contribution in [0.2, 0.25) is 0 Å². The highest BCUT2D eigenvalue weighted by Crippen LogP contribution is 2.33. The van der Waals surface area contributed by atoms with E-state index < -0.39 is 124 Å². The number of rotatable bonds is 56. The van der Waals surface area contributed by atoms with Crippen LogP contribution >= 0.6 is 0 Å². The molecular formula is C80H131NO18. The van der Waals surface area contributed by atoms with Crippen molar-refractivity contribution in [2.75, 3.05) is 26.4 Å². The first-order chi connectivity index (χ1) is 48.3. The number of allylic oxidation sites excluding steroid dienone is 23. The van der Waals surface area contributed by atoms with E-state index in [1.165, 1.54) is 70.6 Å². The van der Waals surface area contributed by atoms with E-state index in [-0.39, 0.29) is 18.9 Å². The molecule has 0 aromatic rings. The second kappa shape index (κ2) is 59.1. The van der Waals surface area contributed by atoms with Gasteiger partial charge in [0.25, 0.3) is 0 Å². The van der Waals surface area contributed by atoms with Crippen molar-refractivity contribution in [3.63, 3.8) is 0 Å². The number of hydrogen-bond donors (Lipinski definition) is 12. The Bertz CT molecular complexity index is 2360. The smallest absolute Gasteiger partial charge is 0.220 e. The van der Waals surface area contributed by atoms with Gasteiger partial charge in [0.1, 0.15) is 73.2 Å². The minimum Gasteiger partial charge on any atom is -0.394 e. The maximum atomic E-state index is 13.4. The molecule has 0 saturated carbocycles. The summed E-state index contributed by atoms with van der Waals surface area (Å²) in [5.74, 6) is -0.300. The zero-order valence-corrected chi connectivity index (χ0v) is 59.9. The molecule has 0 bridgehead atoms. The fourth-order valence-corrected chi connectivity index (χ4v) is 11.6. The van der Waals surface area contributed by atoms with E-state index in [0.717, 1.165) is 116 Å². The van der Waals surface area contributed by atoms with Gasteiger partial charge in [0.2, 0.25) is 5.91 Å². The van der Waals surface area contributed by atoms with Crippen LogP contribution in [0.25, 0.3) is 0 Å². The summed E-state index contributed by atoms with van der Waals surface area (Å²) in [5.41, 5.74) is 0. The van der Waals surface area contributed by atoms with Gasteiger partial charge >= 0.3 is 0 Å². The van der Waals surface area contributed by atoms with Gasteiger partial charge in [0, 0.05) is 6.42 Å². The van der Waals surface area contributed by atoms with E-state index in [2.05, 4.69) is 153 Å². The minimum atomic E-state index is -1.99. The molecule has 12 N–H and O–H groups in total. The summed E-state index contributed by atoms with van der Waals surface area (Å²) in [6.07, 6.45) is 58.3. The summed E-state index contributed by atoms with van der Waals surface area (Å²) >= 11 is 0. The second-order valence-corrected chi connectivity index (χ2v) is 26.0.